The number of hydrogen-bond acceptors (Lipinski definition) is 7. The summed E-state index contributed by atoms with van der Waals surface area (Å²) in [4.78, 5) is 29.2. The van der Waals surface area contributed by atoms with Crippen molar-refractivity contribution in [3.05, 3.63) is 52.4 Å². The number of carbonyl (C=O) groups excluding carboxylic acids is 2. The molecule has 9 nitrogen and oxygen atoms in total. The second-order valence-corrected chi connectivity index (χ2v) is 8.34. The monoisotopic (exact) mass is 444 g/mol. The lowest BCUT2D eigenvalue weighted by atomic mass is 9.89. The van der Waals surface area contributed by atoms with Gasteiger partial charge in [-0.15, -0.1) is 0 Å². The highest BCUT2D eigenvalue weighted by atomic mass is 32.1. The minimum absolute atomic E-state index is 0.206. The van der Waals surface area contributed by atoms with Gasteiger partial charge in [0.25, 0.3) is 11.8 Å². The fourth-order valence-corrected chi connectivity index (χ4v) is 3.88. The van der Waals surface area contributed by atoms with Crippen LogP contribution in [-0.4, -0.2) is 39.8 Å². The largest absolute Gasteiger partial charge is 0.381 e. The molecular weight excluding hydrogens is 423 g/mol. The standard InChI is InChI=1S/C20H21FN6O3S/c1-10-5-14(21)13(8-15(10)24-19(29)16-9-23-20(22)31-16)18(28)25-17-3-4-27(26-17)11-6-12(7-11)30-2/h3-5,8-9,11-12H,6-7H2,1-2H3,(H2,22,23)(H,24,29)(H,25,26,28)/t11-,12-. The predicted octanol–water partition coefficient (Wildman–Crippen LogP) is 3.22. The van der Waals surface area contributed by atoms with E-state index in [1.807, 2.05) is 0 Å². The number of aromatic nitrogens is 3. The van der Waals surface area contributed by atoms with Crippen LogP contribution in [-0.2, 0) is 4.74 Å². The van der Waals surface area contributed by atoms with Crippen LogP contribution in [0.1, 0.15) is 44.5 Å². The van der Waals surface area contributed by atoms with Crippen LogP contribution in [0.5, 0.6) is 0 Å². The third-order valence-corrected chi connectivity index (χ3v) is 6.01. The molecule has 4 N–H and O–H groups in total. The lowest BCUT2D eigenvalue weighted by Crippen LogP contribution is -2.32. The number of nitrogens with two attached hydrogens (primary N) is 1. The Bertz CT molecular complexity index is 1140. The number of rotatable bonds is 6. The summed E-state index contributed by atoms with van der Waals surface area (Å²) >= 11 is 1.03. The lowest BCUT2D eigenvalue weighted by molar-refractivity contribution is 0.00256. The molecule has 2 aromatic heterocycles. The molecule has 1 aromatic carbocycles. The average molecular weight is 444 g/mol. The first-order valence-corrected chi connectivity index (χ1v) is 10.4. The van der Waals surface area contributed by atoms with Gasteiger partial charge in [-0.2, -0.15) is 5.10 Å². The van der Waals surface area contributed by atoms with Crippen molar-refractivity contribution in [2.75, 3.05) is 23.5 Å². The summed E-state index contributed by atoms with van der Waals surface area (Å²) in [6, 6.07) is 4.37. The van der Waals surface area contributed by atoms with Crippen LogP contribution in [0.25, 0.3) is 0 Å². The number of aryl methyl sites for hydroxylation is 1. The topological polar surface area (TPSA) is 124 Å². The number of amides is 2. The summed E-state index contributed by atoms with van der Waals surface area (Å²) in [5, 5.41) is 9.88. The second-order valence-electron chi connectivity index (χ2n) is 7.28. The van der Waals surface area contributed by atoms with Gasteiger partial charge in [0, 0.05) is 25.1 Å². The molecule has 3 aromatic rings. The highest BCUT2D eigenvalue weighted by Gasteiger charge is 2.31. The highest BCUT2D eigenvalue weighted by molar-refractivity contribution is 7.17. The zero-order chi connectivity index (χ0) is 22.1. The number of methoxy groups -OCH3 is 1. The molecule has 11 heteroatoms. The quantitative estimate of drug-likeness (QED) is 0.536. The van der Waals surface area contributed by atoms with Gasteiger partial charge in [0.05, 0.1) is 23.9 Å². The van der Waals surface area contributed by atoms with Crippen molar-refractivity contribution in [3.8, 4) is 0 Å². The first-order valence-electron chi connectivity index (χ1n) is 9.56. The molecular formula is C20H21FN6O3S. The van der Waals surface area contributed by atoms with Gasteiger partial charge in [-0.1, -0.05) is 11.3 Å². The molecule has 0 aliphatic heterocycles. The van der Waals surface area contributed by atoms with E-state index >= 15 is 0 Å². The Labute approximate surface area is 181 Å². The predicted molar refractivity (Wildman–Crippen MR) is 115 cm³/mol. The molecule has 1 fully saturated rings. The van der Waals surface area contributed by atoms with Crippen LogP contribution < -0.4 is 16.4 Å². The van der Waals surface area contributed by atoms with Gasteiger partial charge in [-0.3, -0.25) is 14.3 Å². The van der Waals surface area contributed by atoms with Crippen molar-refractivity contribution in [3.63, 3.8) is 0 Å². The molecule has 1 saturated carbocycles. The molecule has 1 aliphatic rings. The first kappa shape index (κ1) is 20.9. The zero-order valence-electron chi connectivity index (χ0n) is 16.9. The average Bonchev–Trinajstić information content (AvgIpc) is 3.32. The van der Waals surface area contributed by atoms with Crippen molar-refractivity contribution in [2.24, 2.45) is 0 Å². The number of anilines is 3. The van der Waals surface area contributed by atoms with E-state index in [1.165, 1.54) is 18.3 Å². The minimum atomic E-state index is -0.698. The SMILES string of the molecule is CO[C@H]1C[C@H](n2ccc(NC(=O)c3cc(NC(=O)c4cnc(N)s4)c(C)cc3F)n2)C1. The number of thiazole rings is 1. The summed E-state index contributed by atoms with van der Waals surface area (Å²) < 4.78 is 21.5. The van der Waals surface area contributed by atoms with Gasteiger partial charge < -0.3 is 21.1 Å². The van der Waals surface area contributed by atoms with Gasteiger partial charge in [0.1, 0.15) is 10.7 Å². The van der Waals surface area contributed by atoms with Gasteiger partial charge in [0.15, 0.2) is 10.9 Å². The smallest absolute Gasteiger partial charge is 0.267 e. The lowest BCUT2D eigenvalue weighted by Gasteiger charge is -2.34. The van der Waals surface area contributed by atoms with Crippen molar-refractivity contribution < 1.29 is 18.7 Å². The van der Waals surface area contributed by atoms with Crippen LogP contribution in [0, 0.1) is 12.7 Å². The number of halogens is 1. The number of nitrogen functional groups attached to an aromatic ring is 1. The van der Waals surface area contributed by atoms with E-state index < -0.39 is 17.6 Å². The van der Waals surface area contributed by atoms with Crippen molar-refractivity contribution >= 4 is 39.8 Å². The maximum atomic E-state index is 14.5. The Hall–Kier alpha value is -3.31. The molecule has 0 saturated heterocycles. The molecule has 2 heterocycles. The molecule has 2 amide bonds. The van der Waals surface area contributed by atoms with Gasteiger partial charge in [-0.25, -0.2) is 9.37 Å². The minimum Gasteiger partial charge on any atom is -0.381 e. The highest BCUT2D eigenvalue weighted by Crippen LogP contribution is 2.34. The number of nitrogens with one attached hydrogen (secondary N) is 2. The maximum Gasteiger partial charge on any atom is 0.267 e. The Morgan fingerprint density at radius 3 is 2.74 bits per heavy atom. The molecule has 162 valence electrons. The molecule has 0 unspecified atom stereocenters. The number of carbonyl (C=O) groups is 2. The van der Waals surface area contributed by atoms with E-state index in [0.29, 0.717) is 21.9 Å². The van der Waals surface area contributed by atoms with Crippen molar-refractivity contribution in [1.29, 1.82) is 0 Å². The fourth-order valence-electron chi connectivity index (χ4n) is 3.30. The van der Waals surface area contributed by atoms with E-state index in [2.05, 4.69) is 20.7 Å². The Kier molecular flexibility index (Phi) is 5.70. The van der Waals surface area contributed by atoms with Crippen LogP contribution in [0.15, 0.2) is 30.6 Å². The Morgan fingerprint density at radius 1 is 1.29 bits per heavy atom. The fraction of sp³-hybridized carbons (Fsp3) is 0.300. The number of nitrogens with zero attached hydrogens (tertiary/aromatic N) is 3. The zero-order valence-corrected chi connectivity index (χ0v) is 17.7. The van der Waals surface area contributed by atoms with Gasteiger partial charge in [-0.05, 0) is 37.5 Å². The molecule has 4 rings (SSSR count). The second kappa shape index (κ2) is 8.44. The van der Waals surface area contributed by atoms with E-state index in [9.17, 15) is 14.0 Å². The number of ether oxygens (including phenoxy) is 1. The Morgan fingerprint density at radius 2 is 2.06 bits per heavy atom. The molecule has 31 heavy (non-hydrogen) atoms. The van der Waals surface area contributed by atoms with Crippen LogP contribution in [0.3, 0.4) is 0 Å². The van der Waals surface area contributed by atoms with Crippen LogP contribution >= 0.6 is 11.3 Å². The Balaban J connectivity index is 1.47. The van der Waals surface area contributed by atoms with E-state index in [4.69, 9.17) is 10.5 Å². The molecule has 0 spiro atoms. The first-order chi connectivity index (χ1) is 14.8. The molecule has 0 atom stereocenters. The normalized spacial score (nSPS) is 17.8. The number of benzene rings is 1. The van der Waals surface area contributed by atoms with Crippen LogP contribution in [0.4, 0.5) is 21.0 Å². The summed E-state index contributed by atoms with van der Waals surface area (Å²) in [5.74, 6) is -1.49. The third kappa shape index (κ3) is 4.42. The van der Waals surface area contributed by atoms with Crippen LogP contribution in [0.2, 0.25) is 0 Å². The molecule has 1 aliphatic carbocycles. The summed E-state index contributed by atoms with van der Waals surface area (Å²) in [6.45, 7) is 1.63. The van der Waals surface area contributed by atoms with E-state index in [-0.39, 0.29) is 22.8 Å². The number of hydrogen-bond donors (Lipinski definition) is 3. The van der Waals surface area contributed by atoms with Crippen molar-refractivity contribution in [1.82, 2.24) is 14.8 Å². The van der Waals surface area contributed by atoms with Gasteiger partial charge in [0.2, 0.25) is 0 Å². The third-order valence-electron chi connectivity index (χ3n) is 5.18. The summed E-state index contributed by atoms with van der Waals surface area (Å²) in [7, 11) is 1.68. The summed E-state index contributed by atoms with van der Waals surface area (Å²) in [6.07, 6.45) is 5.06. The summed E-state index contributed by atoms with van der Waals surface area (Å²) in [5.41, 5.74) is 6.14. The van der Waals surface area contributed by atoms with E-state index in [0.717, 1.165) is 24.2 Å². The van der Waals surface area contributed by atoms with Crippen molar-refractivity contribution in [2.45, 2.75) is 31.9 Å². The van der Waals surface area contributed by atoms with Gasteiger partial charge >= 0.3 is 0 Å². The van der Waals surface area contributed by atoms with E-state index in [1.54, 1.807) is 31.0 Å². The molecule has 0 radical (unpaired) electrons. The maximum absolute atomic E-state index is 14.5. The molecule has 0 bridgehead atoms.